The molecule has 0 aromatic rings. The SMILES string of the molecule is CCCOC(=O)NCCCCCCO[C@@H]1OC(CO)[C@H](O)C(O)[C@@H]1NC(C)=O. The van der Waals surface area contributed by atoms with Crippen molar-refractivity contribution in [1.29, 1.82) is 0 Å². The fourth-order valence-corrected chi connectivity index (χ4v) is 2.83. The Morgan fingerprint density at radius 3 is 2.43 bits per heavy atom. The van der Waals surface area contributed by atoms with Gasteiger partial charge in [0.15, 0.2) is 6.29 Å². The third-order valence-electron chi connectivity index (χ3n) is 4.31. The molecule has 0 aromatic carbocycles. The summed E-state index contributed by atoms with van der Waals surface area (Å²) in [6, 6.07) is -0.923. The highest BCUT2D eigenvalue weighted by atomic mass is 16.7. The molecule has 10 heteroatoms. The monoisotopic (exact) mass is 406 g/mol. The molecule has 0 radical (unpaired) electrons. The summed E-state index contributed by atoms with van der Waals surface area (Å²) in [6.07, 6.45) is -0.910. The molecule has 28 heavy (non-hydrogen) atoms. The van der Waals surface area contributed by atoms with Gasteiger partial charge in [-0.25, -0.2) is 4.79 Å². The molecule has 2 amide bonds. The van der Waals surface area contributed by atoms with Gasteiger partial charge in [0.25, 0.3) is 0 Å². The Morgan fingerprint density at radius 2 is 1.79 bits per heavy atom. The van der Waals surface area contributed by atoms with Crippen molar-refractivity contribution in [2.24, 2.45) is 0 Å². The fraction of sp³-hybridized carbons (Fsp3) is 0.889. The van der Waals surface area contributed by atoms with Gasteiger partial charge in [-0.05, 0) is 19.3 Å². The molecule has 1 heterocycles. The quantitative estimate of drug-likeness (QED) is 0.276. The summed E-state index contributed by atoms with van der Waals surface area (Å²) >= 11 is 0. The van der Waals surface area contributed by atoms with Crippen LogP contribution in [-0.4, -0.2) is 84.3 Å². The highest BCUT2D eigenvalue weighted by Crippen LogP contribution is 2.22. The molecule has 1 aliphatic heterocycles. The van der Waals surface area contributed by atoms with Crippen LogP contribution in [0.5, 0.6) is 0 Å². The number of rotatable bonds is 12. The van der Waals surface area contributed by atoms with Crippen molar-refractivity contribution in [3.05, 3.63) is 0 Å². The molecule has 0 aromatic heterocycles. The van der Waals surface area contributed by atoms with Gasteiger partial charge in [0.05, 0.1) is 13.2 Å². The van der Waals surface area contributed by atoms with Gasteiger partial charge in [0, 0.05) is 20.1 Å². The number of aliphatic hydroxyl groups is 3. The van der Waals surface area contributed by atoms with Crippen molar-refractivity contribution < 1.29 is 39.1 Å². The zero-order chi connectivity index (χ0) is 20.9. The molecule has 164 valence electrons. The van der Waals surface area contributed by atoms with Gasteiger partial charge in [-0.3, -0.25) is 4.79 Å². The fourth-order valence-electron chi connectivity index (χ4n) is 2.83. The minimum absolute atomic E-state index is 0.327. The van der Waals surface area contributed by atoms with E-state index < -0.39 is 43.3 Å². The smallest absolute Gasteiger partial charge is 0.407 e. The second-order valence-electron chi connectivity index (χ2n) is 6.78. The van der Waals surface area contributed by atoms with Crippen molar-refractivity contribution in [2.75, 3.05) is 26.4 Å². The maximum absolute atomic E-state index is 11.3. The molecule has 10 nitrogen and oxygen atoms in total. The van der Waals surface area contributed by atoms with Crippen LogP contribution in [0.3, 0.4) is 0 Å². The number of nitrogens with one attached hydrogen (secondary N) is 2. The summed E-state index contributed by atoms with van der Waals surface area (Å²) in [5.74, 6) is -0.388. The lowest BCUT2D eigenvalue weighted by molar-refractivity contribution is -0.270. The van der Waals surface area contributed by atoms with Crippen LogP contribution >= 0.6 is 0 Å². The highest BCUT2D eigenvalue weighted by molar-refractivity contribution is 5.73. The van der Waals surface area contributed by atoms with E-state index in [4.69, 9.17) is 14.2 Å². The molecule has 1 aliphatic rings. The predicted molar refractivity (Wildman–Crippen MR) is 99.4 cm³/mol. The molecule has 0 spiro atoms. The molecule has 0 bridgehead atoms. The molecular weight excluding hydrogens is 372 g/mol. The van der Waals surface area contributed by atoms with Crippen molar-refractivity contribution in [3.8, 4) is 0 Å². The molecule has 2 unspecified atom stereocenters. The average molecular weight is 406 g/mol. The summed E-state index contributed by atoms with van der Waals surface area (Å²) in [5, 5.41) is 34.6. The van der Waals surface area contributed by atoms with Crippen LogP contribution in [0, 0.1) is 0 Å². The lowest BCUT2D eigenvalue weighted by atomic mass is 9.97. The Morgan fingerprint density at radius 1 is 1.07 bits per heavy atom. The van der Waals surface area contributed by atoms with Gasteiger partial charge in [-0.1, -0.05) is 19.8 Å². The van der Waals surface area contributed by atoms with Crippen LogP contribution in [0.2, 0.25) is 0 Å². The first-order chi connectivity index (χ1) is 13.4. The lowest BCUT2D eigenvalue weighted by Crippen LogP contribution is -2.64. The summed E-state index contributed by atoms with van der Waals surface area (Å²) in [7, 11) is 0. The number of alkyl carbamates (subject to hydrolysis) is 1. The summed E-state index contributed by atoms with van der Waals surface area (Å²) in [5.41, 5.74) is 0. The third kappa shape index (κ3) is 8.70. The Bertz CT molecular complexity index is 465. The van der Waals surface area contributed by atoms with E-state index in [2.05, 4.69) is 10.6 Å². The van der Waals surface area contributed by atoms with Crippen LogP contribution < -0.4 is 10.6 Å². The van der Waals surface area contributed by atoms with E-state index in [9.17, 15) is 24.9 Å². The van der Waals surface area contributed by atoms with E-state index in [1.807, 2.05) is 6.92 Å². The minimum atomic E-state index is -1.32. The van der Waals surface area contributed by atoms with E-state index in [0.717, 1.165) is 32.1 Å². The maximum atomic E-state index is 11.3. The topological polar surface area (TPSA) is 147 Å². The first-order valence-corrected chi connectivity index (χ1v) is 9.82. The number of aliphatic hydroxyl groups excluding tert-OH is 3. The van der Waals surface area contributed by atoms with Gasteiger partial charge in [-0.2, -0.15) is 0 Å². The predicted octanol–water partition coefficient (Wildman–Crippen LogP) is -0.357. The Labute approximate surface area is 165 Å². The van der Waals surface area contributed by atoms with E-state index >= 15 is 0 Å². The Kier molecular flexibility index (Phi) is 12.0. The van der Waals surface area contributed by atoms with Crippen LogP contribution in [0.15, 0.2) is 0 Å². The second kappa shape index (κ2) is 13.7. The maximum Gasteiger partial charge on any atom is 0.407 e. The van der Waals surface area contributed by atoms with E-state index in [-0.39, 0.29) is 5.91 Å². The van der Waals surface area contributed by atoms with Crippen LogP contribution in [-0.2, 0) is 19.0 Å². The van der Waals surface area contributed by atoms with Gasteiger partial charge in [0.1, 0.15) is 24.4 Å². The van der Waals surface area contributed by atoms with Gasteiger partial charge in [0.2, 0.25) is 5.91 Å². The molecule has 5 atom stereocenters. The molecule has 0 aliphatic carbocycles. The summed E-state index contributed by atoms with van der Waals surface area (Å²) in [4.78, 5) is 22.6. The number of hydrogen-bond acceptors (Lipinski definition) is 8. The standard InChI is InChI=1S/C18H34N2O8/c1-3-9-27-18(25)19-8-6-4-5-7-10-26-17-14(20-12(2)22)16(24)15(23)13(11-21)28-17/h13-17,21,23-24H,3-11H2,1-2H3,(H,19,25)(H,20,22)/t13?,14-,15-,16?,17+/m0/s1. The number of carbonyl (C=O) groups excluding carboxylic acids is 2. The van der Waals surface area contributed by atoms with Gasteiger partial charge in [-0.15, -0.1) is 0 Å². The van der Waals surface area contributed by atoms with E-state index in [0.29, 0.717) is 19.8 Å². The number of ether oxygens (including phenoxy) is 3. The first-order valence-electron chi connectivity index (χ1n) is 9.82. The molecule has 5 N–H and O–H groups in total. The average Bonchev–Trinajstić information content (AvgIpc) is 2.67. The summed E-state index contributed by atoms with van der Waals surface area (Å²) in [6.45, 7) is 4.03. The molecule has 1 rings (SSSR count). The Hall–Kier alpha value is -1.46. The van der Waals surface area contributed by atoms with Crippen LogP contribution in [0.25, 0.3) is 0 Å². The minimum Gasteiger partial charge on any atom is -0.450 e. The van der Waals surface area contributed by atoms with Crippen LogP contribution in [0.4, 0.5) is 4.79 Å². The van der Waals surface area contributed by atoms with E-state index in [1.54, 1.807) is 0 Å². The Balaban J connectivity index is 2.25. The number of unbranched alkanes of at least 4 members (excludes halogenated alkanes) is 3. The lowest BCUT2D eigenvalue weighted by Gasteiger charge is -2.42. The second-order valence-corrected chi connectivity index (χ2v) is 6.78. The van der Waals surface area contributed by atoms with Gasteiger partial charge >= 0.3 is 6.09 Å². The number of amides is 2. The van der Waals surface area contributed by atoms with Crippen molar-refractivity contribution >= 4 is 12.0 Å². The zero-order valence-corrected chi connectivity index (χ0v) is 16.6. The summed E-state index contributed by atoms with van der Waals surface area (Å²) < 4.78 is 16.0. The largest absolute Gasteiger partial charge is 0.450 e. The van der Waals surface area contributed by atoms with E-state index in [1.165, 1.54) is 6.92 Å². The van der Waals surface area contributed by atoms with Gasteiger partial charge < -0.3 is 40.2 Å². The van der Waals surface area contributed by atoms with Crippen molar-refractivity contribution in [2.45, 2.75) is 76.6 Å². The third-order valence-corrected chi connectivity index (χ3v) is 4.31. The van der Waals surface area contributed by atoms with Crippen molar-refractivity contribution in [1.82, 2.24) is 10.6 Å². The molecule has 1 fully saturated rings. The number of carbonyl (C=O) groups is 2. The highest BCUT2D eigenvalue weighted by Gasteiger charge is 2.45. The normalized spacial score (nSPS) is 27.2. The zero-order valence-electron chi connectivity index (χ0n) is 16.6. The molecule has 1 saturated heterocycles. The first kappa shape index (κ1) is 24.6. The number of hydrogen-bond donors (Lipinski definition) is 5. The molecular formula is C18H34N2O8. The molecule has 0 saturated carbocycles. The van der Waals surface area contributed by atoms with Crippen LogP contribution in [0.1, 0.15) is 46.0 Å². The van der Waals surface area contributed by atoms with Crippen molar-refractivity contribution in [3.63, 3.8) is 0 Å².